The van der Waals surface area contributed by atoms with Crippen LogP contribution in [0.3, 0.4) is 0 Å². The molecule has 0 bridgehead atoms. The van der Waals surface area contributed by atoms with Gasteiger partial charge in [-0.1, -0.05) is 31.2 Å². The highest BCUT2D eigenvalue weighted by molar-refractivity contribution is 6.08. The molecule has 4 heterocycles. The first kappa shape index (κ1) is 29.4. The molecule has 45 heavy (non-hydrogen) atoms. The third-order valence-corrected chi connectivity index (χ3v) is 10.2. The number of benzene rings is 3. The number of phenols is 1. The Morgan fingerprint density at radius 2 is 1.64 bits per heavy atom. The summed E-state index contributed by atoms with van der Waals surface area (Å²) in [5.41, 5.74) is 10.1. The Balaban J connectivity index is 1.34. The van der Waals surface area contributed by atoms with E-state index < -0.39 is 0 Å². The van der Waals surface area contributed by atoms with Gasteiger partial charge in [0.05, 0.1) is 5.56 Å². The second-order valence-corrected chi connectivity index (χ2v) is 12.9. The molecule has 1 aromatic heterocycles. The van der Waals surface area contributed by atoms with Crippen LogP contribution in [0.15, 0.2) is 66.7 Å². The lowest BCUT2D eigenvalue weighted by Gasteiger charge is -2.36. The van der Waals surface area contributed by atoms with Crippen LogP contribution in [0.2, 0.25) is 0 Å². The number of anilines is 1. The number of hydrogen-bond acceptors (Lipinski definition) is 4. The summed E-state index contributed by atoms with van der Waals surface area (Å²) in [5, 5.41) is 9.78. The molecule has 0 radical (unpaired) electrons. The van der Waals surface area contributed by atoms with E-state index in [0.717, 1.165) is 86.5 Å². The Kier molecular flexibility index (Phi) is 7.74. The van der Waals surface area contributed by atoms with Crippen LogP contribution in [0, 0.1) is 0 Å². The molecule has 0 saturated heterocycles. The molecule has 4 aromatic rings. The standard InChI is InChI=1S/C38H42N4O3/c1-4-40-18-16-27-20-32(33(21-29(27)23-40)38(45)42-24-28-10-6-5-9-26(28)19-25(42)2)36-22-34(35-11-7-8-17-41(35)36)37(44)39(3)30-12-14-31(43)15-13-30/h5-6,9-10,12-15,20-22,25,43H,4,7-8,11,16-19,23-24H2,1-3H3/t25-/m1/s1. The molecular formula is C38H42N4O3. The summed E-state index contributed by atoms with van der Waals surface area (Å²) in [4.78, 5) is 34.9. The Morgan fingerprint density at radius 1 is 0.867 bits per heavy atom. The van der Waals surface area contributed by atoms with Gasteiger partial charge in [-0.3, -0.25) is 14.5 Å². The van der Waals surface area contributed by atoms with E-state index in [4.69, 9.17) is 0 Å². The van der Waals surface area contributed by atoms with E-state index in [0.29, 0.717) is 12.1 Å². The average molecular weight is 603 g/mol. The Labute approximate surface area is 265 Å². The van der Waals surface area contributed by atoms with Gasteiger partial charge in [-0.05, 0) is 110 Å². The molecule has 7 rings (SSSR count). The molecule has 232 valence electrons. The number of aromatic hydroxyl groups is 1. The largest absolute Gasteiger partial charge is 0.508 e. The van der Waals surface area contributed by atoms with Gasteiger partial charge >= 0.3 is 0 Å². The molecule has 2 amide bonds. The average Bonchev–Trinajstić information content (AvgIpc) is 3.46. The van der Waals surface area contributed by atoms with Crippen LogP contribution in [0.25, 0.3) is 11.3 Å². The highest BCUT2D eigenvalue weighted by Gasteiger charge is 2.33. The van der Waals surface area contributed by atoms with Crippen molar-refractivity contribution in [1.29, 1.82) is 0 Å². The van der Waals surface area contributed by atoms with Crippen molar-refractivity contribution in [3.63, 3.8) is 0 Å². The first-order valence-corrected chi connectivity index (χ1v) is 16.4. The van der Waals surface area contributed by atoms with Crippen LogP contribution < -0.4 is 4.90 Å². The van der Waals surface area contributed by atoms with Gasteiger partial charge in [0, 0.05) is 67.5 Å². The number of carbonyl (C=O) groups is 2. The highest BCUT2D eigenvalue weighted by atomic mass is 16.3. The number of carbonyl (C=O) groups excluding carboxylic acids is 2. The summed E-state index contributed by atoms with van der Waals surface area (Å²) < 4.78 is 2.30. The number of nitrogens with zero attached hydrogens (tertiary/aromatic N) is 4. The topological polar surface area (TPSA) is 69.0 Å². The van der Waals surface area contributed by atoms with Crippen molar-refractivity contribution in [3.8, 4) is 17.0 Å². The minimum Gasteiger partial charge on any atom is -0.508 e. The summed E-state index contributed by atoms with van der Waals surface area (Å²) in [6.07, 6.45) is 4.68. The summed E-state index contributed by atoms with van der Waals surface area (Å²) in [7, 11) is 1.78. The molecule has 3 aromatic carbocycles. The maximum absolute atomic E-state index is 14.7. The molecule has 1 atom stereocenters. The SMILES string of the molecule is CCN1CCc2cc(-c3cc(C(=O)N(C)c4ccc(O)cc4)c4n3CCCC4)c(C(=O)N3Cc4ccccc4C[C@H]3C)cc2C1. The predicted molar refractivity (Wildman–Crippen MR) is 178 cm³/mol. The minimum absolute atomic E-state index is 0.0591. The molecule has 7 heteroatoms. The Hall–Kier alpha value is -4.36. The molecule has 0 spiro atoms. The molecule has 0 saturated carbocycles. The first-order chi connectivity index (χ1) is 21.8. The van der Waals surface area contributed by atoms with E-state index in [2.05, 4.69) is 59.7 Å². The molecule has 7 nitrogen and oxygen atoms in total. The van der Waals surface area contributed by atoms with Gasteiger partial charge in [-0.2, -0.15) is 0 Å². The van der Waals surface area contributed by atoms with Crippen LogP contribution in [0.5, 0.6) is 5.75 Å². The van der Waals surface area contributed by atoms with Gasteiger partial charge in [0.2, 0.25) is 0 Å². The van der Waals surface area contributed by atoms with Crippen molar-refractivity contribution in [2.75, 3.05) is 25.0 Å². The maximum Gasteiger partial charge on any atom is 0.259 e. The fourth-order valence-electron chi connectivity index (χ4n) is 7.49. The summed E-state index contributed by atoms with van der Waals surface area (Å²) in [6, 6.07) is 21.7. The molecule has 3 aliphatic rings. The summed E-state index contributed by atoms with van der Waals surface area (Å²) >= 11 is 0. The second-order valence-electron chi connectivity index (χ2n) is 12.9. The van der Waals surface area contributed by atoms with Crippen molar-refractivity contribution in [2.24, 2.45) is 0 Å². The predicted octanol–water partition coefficient (Wildman–Crippen LogP) is 6.44. The zero-order chi connectivity index (χ0) is 31.2. The molecule has 0 fully saturated rings. The van der Waals surface area contributed by atoms with Gasteiger partial charge in [0.15, 0.2) is 0 Å². The summed E-state index contributed by atoms with van der Waals surface area (Å²) in [6.45, 7) is 8.60. The quantitative estimate of drug-likeness (QED) is 0.286. The van der Waals surface area contributed by atoms with Crippen molar-refractivity contribution in [3.05, 3.63) is 106 Å². The number of phenolic OH excluding ortho intramolecular Hbond substituents is 1. The molecule has 0 aliphatic carbocycles. The normalized spacial score (nSPS) is 17.8. The van der Waals surface area contributed by atoms with Crippen LogP contribution in [-0.4, -0.2) is 57.5 Å². The van der Waals surface area contributed by atoms with E-state index in [1.165, 1.54) is 22.3 Å². The van der Waals surface area contributed by atoms with Gasteiger partial charge in [-0.25, -0.2) is 0 Å². The summed E-state index contributed by atoms with van der Waals surface area (Å²) in [5.74, 6) is 0.147. The van der Waals surface area contributed by atoms with Gasteiger partial charge in [0.1, 0.15) is 5.75 Å². The van der Waals surface area contributed by atoms with Gasteiger partial charge in [-0.15, -0.1) is 0 Å². The lowest BCUT2D eigenvalue weighted by atomic mass is 9.89. The molecule has 3 aliphatic heterocycles. The van der Waals surface area contributed by atoms with Crippen LogP contribution in [0.4, 0.5) is 5.69 Å². The van der Waals surface area contributed by atoms with Crippen LogP contribution in [-0.2, 0) is 38.9 Å². The minimum atomic E-state index is -0.0803. The number of fused-ring (bicyclic) bond motifs is 3. The molecule has 0 unspecified atom stereocenters. The highest BCUT2D eigenvalue weighted by Crippen LogP contribution is 2.38. The van der Waals surface area contributed by atoms with E-state index in [-0.39, 0.29) is 23.6 Å². The van der Waals surface area contributed by atoms with E-state index in [9.17, 15) is 14.7 Å². The van der Waals surface area contributed by atoms with Gasteiger partial charge < -0.3 is 19.5 Å². The number of hydrogen-bond donors (Lipinski definition) is 1. The monoisotopic (exact) mass is 602 g/mol. The number of likely N-dealkylation sites (N-methyl/N-ethyl adjacent to an activating group) is 1. The maximum atomic E-state index is 14.7. The zero-order valence-corrected chi connectivity index (χ0v) is 26.6. The van der Waals surface area contributed by atoms with Crippen molar-refractivity contribution < 1.29 is 14.7 Å². The molecule has 1 N–H and O–H groups in total. The fraction of sp³-hybridized carbons (Fsp3) is 0.368. The van der Waals surface area contributed by atoms with Crippen molar-refractivity contribution >= 4 is 17.5 Å². The smallest absolute Gasteiger partial charge is 0.259 e. The van der Waals surface area contributed by atoms with Gasteiger partial charge in [0.25, 0.3) is 11.8 Å². The number of rotatable bonds is 5. The van der Waals surface area contributed by atoms with Crippen molar-refractivity contribution in [2.45, 2.75) is 71.6 Å². The lowest BCUT2D eigenvalue weighted by Crippen LogP contribution is -2.43. The lowest BCUT2D eigenvalue weighted by molar-refractivity contribution is 0.0658. The van der Waals surface area contributed by atoms with E-state index in [1.54, 1.807) is 36.2 Å². The van der Waals surface area contributed by atoms with Crippen LogP contribution >= 0.6 is 0 Å². The Bertz CT molecular complexity index is 1770. The fourth-order valence-corrected chi connectivity index (χ4v) is 7.49. The first-order valence-electron chi connectivity index (χ1n) is 16.4. The Morgan fingerprint density at radius 3 is 2.42 bits per heavy atom. The number of aromatic nitrogens is 1. The van der Waals surface area contributed by atoms with Crippen LogP contribution in [0.1, 0.15) is 75.4 Å². The number of amides is 2. The third kappa shape index (κ3) is 5.33. The zero-order valence-electron chi connectivity index (χ0n) is 26.6. The van der Waals surface area contributed by atoms with E-state index in [1.807, 2.05) is 11.0 Å². The van der Waals surface area contributed by atoms with E-state index >= 15 is 0 Å². The second kappa shape index (κ2) is 11.9. The van der Waals surface area contributed by atoms with Crippen molar-refractivity contribution in [1.82, 2.24) is 14.4 Å². The third-order valence-electron chi connectivity index (χ3n) is 10.2. The molecular weight excluding hydrogens is 560 g/mol.